The first-order valence-corrected chi connectivity index (χ1v) is 7.40. The van der Waals surface area contributed by atoms with Crippen LogP contribution in [0.5, 0.6) is 11.5 Å². The number of fused-ring (bicyclic) bond motifs is 1. The summed E-state index contributed by atoms with van der Waals surface area (Å²) in [5.41, 5.74) is 2.87. The first-order chi connectivity index (χ1) is 11.2. The smallest absolute Gasteiger partial charge is 0.337 e. The molecule has 5 nitrogen and oxygen atoms in total. The van der Waals surface area contributed by atoms with E-state index in [1.54, 1.807) is 12.1 Å². The molecule has 0 atom stereocenters. The maximum absolute atomic E-state index is 11.4. The number of hydrogen-bond donors (Lipinski definition) is 0. The fraction of sp³-hybridized carbons (Fsp3) is 0.278. The second-order valence-electron chi connectivity index (χ2n) is 5.55. The molecule has 0 unspecified atom stereocenters. The van der Waals surface area contributed by atoms with Crippen molar-refractivity contribution in [3.63, 3.8) is 0 Å². The van der Waals surface area contributed by atoms with Crippen LogP contribution in [-0.4, -0.2) is 31.8 Å². The SMILES string of the molecule is COC(=O)c1ccc(CN(C)Cc2ccc3c(c2)OCO3)cc1. The molecule has 120 valence electrons. The summed E-state index contributed by atoms with van der Waals surface area (Å²) in [6.07, 6.45) is 0. The third kappa shape index (κ3) is 3.63. The average Bonchev–Trinajstić information content (AvgIpc) is 3.02. The Hall–Kier alpha value is -2.53. The first-order valence-electron chi connectivity index (χ1n) is 7.40. The molecule has 0 saturated heterocycles. The Bertz CT molecular complexity index is 697. The summed E-state index contributed by atoms with van der Waals surface area (Å²) in [6.45, 7) is 1.88. The van der Waals surface area contributed by atoms with E-state index in [1.807, 2.05) is 30.3 Å². The van der Waals surface area contributed by atoms with E-state index in [9.17, 15) is 4.79 Å². The molecule has 0 aliphatic carbocycles. The molecule has 0 fully saturated rings. The highest BCUT2D eigenvalue weighted by Gasteiger charge is 2.14. The molecule has 5 heteroatoms. The van der Waals surface area contributed by atoms with E-state index in [0.29, 0.717) is 12.4 Å². The zero-order chi connectivity index (χ0) is 16.2. The summed E-state index contributed by atoms with van der Waals surface area (Å²) < 4.78 is 15.4. The van der Waals surface area contributed by atoms with Crippen LogP contribution in [0.3, 0.4) is 0 Å². The summed E-state index contributed by atoms with van der Waals surface area (Å²) >= 11 is 0. The molecule has 0 amide bonds. The van der Waals surface area contributed by atoms with E-state index < -0.39 is 0 Å². The van der Waals surface area contributed by atoms with Crippen LogP contribution >= 0.6 is 0 Å². The van der Waals surface area contributed by atoms with E-state index in [1.165, 1.54) is 12.7 Å². The second-order valence-corrected chi connectivity index (χ2v) is 5.55. The molecule has 1 heterocycles. The van der Waals surface area contributed by atoms with E-state index in [0.717, 1.165) is 30.2 Å². The van der Waals surface area contributed by atoms with Gasteiger partial charge >= 0.3 is 5.97 Å². The second kappa shape index (κ2) is 6.71. The quantitative estimate of drug-likeness (QED) is 0.794. The standard InChI is InChI=1S/C18H19NO4/c1-19(10-13-3-6-15(7-4-13)18(20)21-2)11-14-5-8-16-17(9-14)23-12-22-16/h3-9H,10-12H2,1-2H3. The Morgan fingerprint density at radius 3 is 2.43 bits per heavy atom. The maximum atomic E-state index is 11.4. The fourth-order valence-electron chi connectivity index (χ4n) is 2.58. The Morgan fingerprint density at radius 2 is 1.70 bits per heavy atom. The minimum absolute atomic E-state index is 0.293. The molecule has 2 aromatic carbocycles. The monoisotopic (exact) mass is 313 g/mol. The van der Waals surface area contributed by atoms with Crippen molar-refractivity contribution >= 4 is 5.97 Å². The number of nitrogens with zero attached hydrogens (tertiary/aromatic N) is 1. The van der Waals surface area contributed by atoms with Gasteiger partial charge in [-0.25, -0.2) is 4.79 Å². The van der Waals surface area contributed by atoms with Crippen LogP contribution in [0, 0.1) is 0 Å². The van der Waals surface area contributed by atoms with E-state index >= 15 is 0 Å². The van der Waals surface area contributed by atoms with Crippen molar-refractivity contribution < 1.29 is 19.0 Å². The Morgan fingerprint density at radius 1 is 1.04 bits per heavy atom. The van der Waals surface area contributed by atoms with Crippen molar-refractivity contribution in [2.45, 2.75) is 13.1 Å². The summed E-state index contributed by atoms with van der Waals surface area (Å²) in [7, 11) is 3.44. The minimum atomic E-state index is -0.315. The molecule has 0 saturated carbocycles. The van der Waals surface area contributed by atoms with Crippen molar-refractivity contribution in [3.8, 4) is 11.5 Å². The Kier molecular flexibility index (Phi) is 4.48. The van der Waals surface area contributed by atoms with Gasteiger partial charge in [-0.2, -0.15) is 0 Å². The summed E-state index contributed by atoms with van der Waals surface area (Å²) in [5.74, 6) is 1.29. The van der Waals surface area contributed by atoms with Crippen molar-refractivity contribution in [2.75, 3.05) is 21.0 Å². The van der Waals surface area contributed by atoms with E-state index in [2.05, 4.69) is 11.9 Å². The topological polar surface area (TPSA) is 48.0 Å². The van der Waals surface area contributed by atoms with Gasteiger partial charge in [-0.15, -0.1) is 0 Å². The summed E-state index contributed by atoms with van der Waals surface area (Å²) in [4.78, 5) is 13.6. The van der Waals surface area contributed by atoms with Crippen LogP contribution < -0.4 is 9.47 Å². The van der Waals surface area contributed by atoms with Crippen LogP contribution in [0.2, 0.25) is 0 Å². The van der Waals surface area contributed by atoms with Gasteiger partial charge in [-0.1, -0.05) is 18.2 Å². The zero-order valence-electron chi connectivity index (χ0n) is 13.2. The molecule has 0 spiro atoms. The minimum Gasteiger partial charge on any atom is -0.465 e. The number of carbonyl (C=O) groups excluding carboxylic acids is 1. The molecule has 3 rings (SSSR count). The molecule has 0 N–H and O–H groups in total. The molecule has 2 aromatic rings. The lowest BCUT2D eigenvalue weighted by atomic mass is 10.1. The molecule has 23 heavy (non-hydrogen) atoms. The van der Waals surface area contributed by atoms with Crippen LogP contribution in [0.25, 0.3) is 0 Å². The number of benzene rings is 2. The van der Waals surface area contributed by atoms with Gasteiger partial charge in [0.25, 0.3) is 0 Å². The predicted octanol–water partition coefficient (Wildman–Crippen LogP) is 2.83. The zero-order valence-corrected chi connectivity index (χ0v) is 13.2. The van der Waals surface area contributed by atoms with E-state index in [4.69, 9.17) is 14.2 Å². The molecule has 0 bridgehead atoms. The number of carbonyl (C=O) groups is 1. The van der Waals surface area contributed by atoms with Gasteiger partial charge in [0.15, 0.2) is 11.5 Å². The van der Waals surface area contributed by atoms with Crippen LogP contribution in [0.1, 0.15) is 21.5 Å². The number of hydrogen-bond acceptors (Lipinski definition) is 5. The van der Waals surface area contributed by atoms with Crippen LogP contribution in [0.15, 0.2) is 42.5 Å². The number of ether oxygens (including phenoxy) is 3. The summed E-state index contributed by atoms with van der Waals surface area (Å²) in [6, 6.07) is 13.5. The van der Waals surface area contributed by atoms with Crippen molar-refractivity contribution in [1.29, 1.82) is 0 Å². The van der Waals surface area contributed by atoms with Gasteiger partial charge in [-0.05, 0) is 42.4 Å². The number of methoxy groups -OCH3 is 1. The third-order valence-corrected chi connectivity index (χ3v) is 3.72. The normalized spacial score (nSPS) is 12.5. The first kappa shape index (κ1) is 15.4. The van der Waals surface area contributed by atoms with Gasteiger partial charge in [0, 0.05) is 13.1 Å². The van der Waals surface area contributed by atoms with Gasteiger partial charge in [0.2, 0.25) is 6.79 Å². The van der Waals surface area contributed by atoms with Crippen LogP contribution in [0.4, 0.5) is 0 Å². The highest BCUT2D eigenvalue weighted by molar-refractivity contribution is 5.89. The van der Waals surface area contributed by atoms with Gasteiger partial charge in [0.1, 0.15) is 0 Å². The van der Waals surface area contributed by atoms with E-state index in [-0.39, 0.29) is 5.97 Å². The molecule has 1 aliphatic rings. The maximum Gasteiger partial charge on any atom is 0.337 e. The highest BCUT2D eigenvalue weighted by atomic mass is 16.7. The Balaban J connectivity index is 1.60. The lowest BCUT2D eigenvalue weighted by Crippen LogP contribution is -2.17. The van der Waals surface area contributed by atoms with Gasteiger partial charge in [-0.3, -0.25) is 4.90 Å². The predicted molar refractivity (Wildman–Crippen MR) is 85.5 cm³/mol. The lowest BCUT2D eigenvalue weighted by Gasteiger charge is -2.17. The lowest BCUT2D eigenvalue weighted by molar-refractivity contribution is 0.0600. The largest absolute Gasteiger partial charge is 0.465 e. The van der Waals surface area contributed by atoms with Crippen LogP contribution in [-0.2, 0) is 17.8 Å². The van der Waals surface area contributed by atoms with Crippen molar-refractivity contribution in [2.24, 2.45) is 0 Å². The van der Waals surface area contributed by atoms with Gasteiger partial charge in [0.05, 0.1) is 12.7 Å². The molecule has 0 radical (unpaired) electrons. The third-order valence-electron chi connectivity index (χ3n) is 3.72. The molecule has 0 aromatic heterocycles. The Labute approximate surface area is 135 Å². The molecular formula is C18H19NO4. The molecular weight excluding hydrogens is 294 g/mol. The van der Waals surface area contributed by atoms with Gasteiger partial charge < -0.3 is 14.2 Å². The highest BCUT2D eigenvalue weighted by Crippen LogP contribution is 2.32. The number of esters is 1. The number of rotatable bonds is 5. The van der Waals surface area contributed by atoms with Crippen molar-refractivity contribution in [1.82, 2.24) is 4.90 Å². The van der Waals surface area contributed by atoms with Crippen molar-refractivity contribution in [3.05, 3.63) is 59.2 Å². The molecule has 1 aliphatic heterocycles. The fourth-order valence-corrected chi connectivity index (χ4v) is 2.58. The summed E-state index contributed by atoms with van der Waals surface area (Å²) in [5, 5.41) is 0. The average molecular weight is 313 g/mol.